The molecule has 0 radical (unpaired) electrons. The van der Waals surface area contributed by atoms with Crippen LogP contribution in [-0.4, -0.2) is 30.6 Å². The van der Waals surface area contributed by atoms with E-state index in [0.717, 1.165) is 18.5 Å². The topological polar surface area (TPSA) is 29.3 Å². The summed E-state index contributed by atoms with van der Waals surface area (Å²) in [5.41, 5.74) is 6.72. The highest BCUT2D eigenvalue weighted by atomic mass is 15.2. The van der Waals surface area contributed by atoms with Gasteiger partial charge in [0.05, 0.1) is 0 Å². The van der Waals surface area contributed by atoms with Gasteiger partial charge in [-0.15, -0.1) is 0 Å². The summed E-state index contributed by atoms with van der Waals surface area (Å²) in [5.74, 6) is 1.01. The van der Waals surface area contributed by atoms with Crippen LogP contribution in [0.15, 0.2) is 0 Å². The summed E-state index contributed by atoms with van der Waals surface area (Å²) >= 11 is 0. The lowest BCUT2D eigenvalue weighted by molar-refractivity contribution is 0.0204. The molecule has 0 amide bonds. The summed E-state index contributed by atoms with van der Waals surface area (Å²) in [6, 6.07) is 0.907. The van der Waals surface area contributed by atoms with Gasteiger partial charge in [-0.05, 0) is 62.9 Å². The lowest BCUT2D eigenvalue weighted by atomic mass is 9.75. The average molecular weight is 278 g/mol. The van der Waals surface area contributed by atoms with E-state index in [2.05, 4.69) is 4.90 Å². The Labute approximate surface area is 125 Å². The number of nitrogens with zero attached hydrogens (tertiary/aromatic N) is 1. The molecule has 2 saturated carbocycles. The second-order valence-electron chi connectivity index (χ2n) is 7.84. The molecule has 2 unspecified atom stereocenters. The largest absolute Gasteiger partial charge is 0.330 e. The van der Waals surface area contributed by atoms with Gasteiger partial charge >= 0.3 is 0 Å². The van der Waals surface area contributed by atoms with E-state index in [4.69, 9.17) is 5.73 Å². The number of rotatable bonds is 3. The molecule has 2 heteroatoms. The van der Waals surface area contributed by atoms with Crippen LogP contribution in [-0.2, 0) is 0 Å². The van der Waals surface area contributed by atoms with Crippen molar-refractivity contribution in [3.05, 3.63) is 0 Å². The Kier molecular flexibility index (Phi) is 5.04. The highest BCUT2D eigenvalue weighted by Crippen LogP contribution is 2.40. The predicted octanol–water partition coefficient (Wildman–Crippen LogP) is 3.94. The summed E-state index contributed by atoms with van der Waals surface area (Å²) in [5, 5.41) is 0. The van der Waals surface area contributed by atoms with Crippen molar-refractivity contribution in [3.63, 3.8) is 0 Å². The maximum absolute atomic E-state index is 6.27. The van der Waals surface area contributed by atoms with E-state index < -0.39 is 0 Å². The Bertz CT molecular complexity index is 292. The van der Waals surface area contributed by atoms with E-state index in [1.165, 1.54) is 90.1 Å². The molecule has 3 rings (SSSR count). The molecule has 0 aromatic carbocycles. The first-order valence-electron chi connectivity index (χ1n) is 9.27. The molecule has 116 valence electrons. The van der Waals surface area contributed by atoms with Gasteiger partial charge in [0.15, 0.2) is 0 Å². The SMILES string of the molecule is NCC1(CN2CCCC3CCCCC32)CCCCCC1. The van der Waals surface area contributed by atoms with Gasteiger partial charge in [-0.2, -0.15) is 0 Å². The maximum atomic E-state index is 6.27. The van der Waals surface area contributed by atoms with Gasteiger partial charge in [0.25, 0.3) is 0 Å². The lowest BCUT2D eigenvalue weighted by Gasteiger charge is -2.48. The molecular formula is C18H34N2. The summed E-state index contributed by atoms with van der Waals surface area (Å²) in [6.07, 6.45) is 17.3. The third-order valence-corrected chi connectivity index (χ3v) is 6.49. The zero-order valence-electron chi connectivity index (χ0n) is 13.3. The summed E-state index contributed by atoms with van der Waals surface area (Å²) in [7, 11) is 0. The molecule has 2 nitrogen and oxygen atoms in total. The quantitative estimate of drug-likeness (QED) is 0.792. The molecule has 1 heterocycles. The number of hydrogen-bond donors (Lipinski definition) is 1. The highest BCUT2D eigenvalue weighted by Gasteiger charge is 2.38. The van der Waals surface area contributed by atoms with Crippen LogP contribution in [0.3, 0.4) is 0 Å². The summed E-state index contributed by atoms with van der Waals surface area (Å²) in [4.78, 5) is 2.88. The highest BCUT2D eigenvalue weighted by molar-refractivity contribution is 4.92. The monoisotopic (exact) mass is 278 g/mol. The molecule has 1 aliphatic heterocycles. The van der Waals surface area contributed by atoms with E-state index in [1.807, 2.05) is 0 Å². The molecule has 3 fully saturated rings. The Hall–Kier alpha value is -0.0800. The van der Waals surface area contributed by atoms with Crippen LogP contribution in [0.1, 0.15) is 77.0 Å². The van der Waals surface area contributed by atoms with Gasteiger partial charge in [-0.25, -0.2) is 0 Å². The van der Waals surface area contributed by atoms with Gasteiger partial charge in [0.1, 0.15) is 0 Å². The fourth-order valence-corrected chi connectivity index (χ4v) is 5.26. The summed E-state index contributed by atoms with van der Waals surface area (Å²) < 4.78 is 0. The molecule has 0 spiro atoms. The molecule has 2 aliphatic carbocycles. The minimum atomic E-state index is 0.454. The minimum absolute atomic E-state index is 0.454. The van der Waals surface area contributed by atoms with Crippen LogP contribution in [0.4, 0.5) is 0 Å². The van der Waals surface area contributed by atoms with Crippen molar-refractivity contribution >= 4 is 0 Å². The van der Waals surface area contributed by atoms with E-state index in [-0.39, 0.29) is 0 Å². The molecule has 2 atom stereocenters. The lowest BCUT2D eigenvalue weighted by Crippen LogP contribution is -2.52. The Morgan fingerprint density at radius 3 is 2.30 bits per heavy atom. The molecular weight excluding hydrogens is 244 g/mol. The molecule has 1 saturated heterocycles. The second-order valence-corrected chi connectivity index (χ2v) is 7.84. The fraction of sp³-hybridized carbons (Fsp3) is 1.00. The van der Waals surface area contributed by atoms with Crippen LogP contribution < -0.4 is 5.73 Å². The van der Waals surface area contributed by atoms with Crippen molar-refractivity contribution < 1.29 is 0 Å². The molecule has 0 aromatic heterocycles. The molecule has 0 aromatic rings. The minimum Gasteiger partial charge on any atom is -0.330 e. The van der Waals surface area contributed by atoms with Gasteiger partial charge < -0.3 is 5.73 Å². The van der Waals surface area contributed by atoms with Crippen molar-refractivity contribution in [3.8, 4) is 0 Å². The number of likely N-dealkylation sites (tertiary alicyclic amines) is 1. The van der Waals surface area contributed by atoms with Gasteiger partial charge in [0.2, 0.25) is 0 Å². The smallest absolute Gasteiger partial charge is 0.0124 e. The van der Waals surface area contributed by atoms with Crippen molar-refractivity contribution in [1.82, 2.24) is 4.90 Å². The first-order valence-corrected chi connectivity index (χ1v) is 9.27. The van der Waals surface area contributed by atoms with Gasteiger partial charge in [0, 0.05) is 12.6 Å². The first kappa shape index (κ1) is 14.8. The maximum Gasteiger partial charge on any atom is 0.0124 e. The Morgan fingerprint density at radius 1 is 0.850 bits per heavy atom. The zero-order chi connectivity index (χ0) is 13.8. The van der Waals surface area contributed by atoms with Gasteiger partial charge in [-0.1, -0.05) is 38.5 Å². The molecule has 20 heavy (non-hydrogen) atoms. The van der Waals surface area contributed by atoms with Gasteiger partial charge in [-0.3, -0.25) is 4.90 Å². The third kappa shape index (κ3) is 3.22. The Balaban J connectivity index is 1.67. The predicted molar refractivity (Wildman–Crippen MR) is 85.7 cm³/mol. The molecule has 2 N–H and O–H groups in total. The Morgan fingerprint density at radius 2 is 1.55 bits per heavy atom. The van der Waals surface area contributed by atoms with Crippen LogP contribution >= 0.6 is 0 Å². The number of hydrogen-bond acceptors (Lipinski definition) is 2. The normalized spacial score (nSPS) is 35.2. The van der Waals surface area contributed by atoms with Crippen LogP contribution in [0.5, 0.6) is 0 Å². The molecule has 3 aliphatic rings. The number of nitrogens with two attached hydrogens (primary N) is 1. The summed E-state index contributed by atoms with van der Waals surface area (Å²) in [6.45, 7) is 3.58. The van der Waals surface area contributed by atoms with E-state index in [9.17, 15) is 0 Å². The van der Waals surface area contributed by atoms with Crippen LogP contribution in [0.2, 0.25) is 0 Å². The van der Waals surface area contributed by atoms with Crippen molar-refractivity contribution in [2.24, 2.45) is 17.1 Å². The van der Waals surface area contributed by atoms with Crippen LogP contribution in [0, 0.1) is 11.3 Å². The van der Waals surface area contributed by atoms with E-state index in [0.29, 0.717) is 5.41 Å². The first-order chi connectivity index (χ1) is 9.83. The zero-order valence-corrected chi connectivity index (χ0v) is 13.3. The fourth-order valence-electron chi connectivity index (χ4n) is 5.26. The average Bonchev–Trinajstić information content (AvgIpc) is 2.74. The number of piperidine rings is 1. The molecule has 0 bridgehead atoms. The number of fused-ring (bicyclic) bond motifs is 1. The standard InChI is InChI=1S/C18H34N2/c19-14-18(11-5-1-2-6-12-18)15-20-13-7-9-16-8-3-4-10-17(16)20/h16-17H,1-15,19H2. The van der Waals surface area contributed by atoms with E-state index in [1.54, 1.807) is 0 Å². The van der Waals surface area contributed by atoms with Crippen molar-refractivity contribution in [1.29, 1.82) is 0 Å². The van der Waals surface area contributed by atoms with E-state index >= 15 is 0 Å². The van der Waals surface area contributed by atoms with Crippen LogP contribution in [0.25, 0.3) is 0 Å². The van der Waals surface area contributed by atoms with Crippen molar-refractivity contribution in [2.45, 2.75) is 83.1 Å². The second kappa shape index (κ2) is 6.79. The third-order valence-electron chi connectivity index (χ3n) is 6.49. The van der Waals surface area contributed by atoms with Crippen molar-refractivity contribution in [2.75, 3.05) is 19.6 Å².